The molecule has 1 saturated carbocycles. The SMILES string of the molecule is O=C1C2C=CC=CC2=NC(=S)N1CCSC1CCCC1. The van der Waals surface area contributed by atoms with Gasteiger partial charge >= 0.3 is 0 Å². The number of allylic oxidation sites excluding steroid dienone is 3. The van der Waals surface area contributed by atoms with Gasteiger partial charge in [0.15, 0.2) is 0 Å². The Morgan fingerprint density at radius 2 is 2.15 bits per heavy atom. The minimum atomic E-state index is -0.233. The fourth-order valence-electron chi connectivity index (χ4n) is 2.85. The topological polar surface area (TPSA) is 32.7 Å². The van der Waals surface area contributed by atoms with Crippen LogP contribution < -0.4 is 0 Å². The zero-order valence-corrected chi connectivity index (χ0v) is 13.0. The van der Waals surface area contributed by atoms with Crippen LogP contribution in [0.2, 0.25) is 0 Å². The molecule has 1 unspecified atom stereocenters. The van der Waals surface area contributed by atoms with Gasteiger partial charge in [-0.05, 0) is 31.1 Å². The monoisotopic (exact) mass is 306 g/mol. The molecule has 0 spiro atoms. The summed E-state index contributed by atoms with van der Waals surface area (Å²) in [6.07, 6.45) is 12.9. The van der Waals surface area contributed by atoms with E-state index < -0.39 is 0 Å². The maximum atomic E-state index is 12.5. The summed E-state index contributed by atoms with van der Waals surface area (Å²) in [5, 5.41) is 1.20. The molecule has 1 heterocycles. The molecule has 0 saturated heterocycles. The van der Waals surface area contributed by atoms with Crippen molar-refractivity contribution >= 4 is 40.7 Å². The molecule has 5 heteroatoms. The number of aliphatic imine (C=N–C) groups is 1. The highest BCUT2D eigenvalue weighted by Crippen LogP contribution is 2.29. The van der Waals surface area contributed by atoms with Crippen molar-refractivity contribution in [3.8, 4) is 0 Å². The molecule has 0 bridgehead atoms. The van der Waals surface area contributed by atoms with E-state index in [9.17, 15) is 4.79 Å². The lowest BCUT2D eigenvalue weighted by Gasteiger charge is -2.30. The third-order valence-corrected chi connectivity index (χ3v) is 5.63. The average Bonchev–Trinajstić information content (AvgIpc) is 2.96. The van der Waals surface area contributed by atoms with Gasteiger partial charge in [0.25, 0.3) is 0 Å². The molecule has 1 fully saturated rings. The minimum Gasteiger partial charge on any atom is -0.286 e. The lowest BCUT2D eigenvalue weighted by atomic mass is 9.95. The number of hydrogen-bond donors (Lipinski definition) is 0. The van der Waals surface area contributed by atoms with Gasteiger partial charge in [-0.2, -0.15) is 11.8 Å². The number of thioether (sulfide) groups is 1. The number of carbonyl (C=O) groups is 1. The second-order valence-corrected chi connectivity index (χ2v) is 7.08. The Morgan fingerprint density at radius 3 is 2.95 bits per heavy atom. The van der Waals surface area contributed by atoms with Crippen LogP contribution in [0, 0.1) is 5.92 Å². The molecule has 0 aromatic rings. The minimum absolute atomic E-state index is 0.0765. The second-order valence-electron chi connectivity index (χ2n) is 5.31. The van der Waals surface area contributed by atoms with Crippen LogP contribution >= 0.6 is 24.0 Å². The highest BCUT2D eigenvalue weighted by Gasteiger charge is 2.33. The number of rotatable bonds is 4. The fourth-order valence-corrected chi connectivity index (χ4v) is 4.43. The van der Waals surface area contributed by atoms with E-state index in [1.54, 1.807) is 4.90 Å². The molecule has 0 N–H and O–H groups in total. The molecule has 3 rings (SSSR count). The Morgan fingerprint density at radius 1 is 1.35 bits per heavy atom. The molecule has 3 aliphatic rings. The van der Waals surface area contributed by atoms with Crippen LogP contribution in [0.5, 0.6) is 0 Å². The van der Waals surface area contributed by atoms with Crippen molar-refractivity contribution < 1.29 is 4.79 Å². The summed E-state index contributed by atoms with van der Waals surface area (Å²) in [5.41, 5.74) is 0.780. The third kappa shape index (κ3) is 2.88. The molecular weight excluding hydrogens is 288 g/mol. The van der Waals surface area contributed by atoms with Crippen molar-refractivity contribution in [1.29, 1.82) is 0 Å². The van der Waals surface area contributed by atoms with Crippen molar-refractivity contribution in [2.75, 3.05) is 12.3 Å². The van der Waals surface area contributed by atoms with Gasteiger partial charge < -0.3 is 0 Å². The second kappa shape index (κ2) is 6.22. The Hall–Kier alpha value is -0.940. The molecular formula is C15H18N2OS2. The van der Waals surface area contributed by atoms with E-state index in [0.717, 1.165) is 16.7 Å². The molecule has 1 amide bonds. The predicted octanol–water partition coefficient (Wildman–Crippen LogP) is 2.97. The lowest BCUT2D eigenvalue weighted by Crippen LogP contribution is -2.46. The Bertz CT molecular complexity index is 504. The van der Waals surface area contributed by atoms with Crippen molar-refractivity contribution in [1.82, 2.24) is 4.90 Å². The predicted molar refractivity (Wildman–Crippen MR) is 88.2 cm³/mol. The van der Waals surface area contributed by atoms with Gasteiger partial charge in [0.2, 0.25) is 11.0 Å². The summed E-state index contributed by atoms with van der Waals surface area (Å²) in [5.74, 6) is 0.795. The summed E-state index contributed by atoms with van der Waals surface area (Å²) in [4.78, 5) is 18.5. The standard InChI is InChI=1S/C15H18N2OS2/c18-14-12-7-3-4-8-13(12)16-15(19)17(14)9-10-20-11-5-1-2-6-11/h3-4,7-8,11-12H,1-2,5-6,9-10H2. The van der Waals surface area contributed by atoms with Gasteiger partial charge in [-0.3, -0.25) is 9.69 Å². The van der Waals surface area contributed by atoms with Crippen LogP contribution in [0.4, 0.5) is 0 Å². The number of hydrogen-bond acceptors (Lipinski definition) is 3. The van der Waals surface area contributed by atoms with E-state index in [1.165, 1.54) is 25.7 Å². The van der Waals surface area contributed by atoms with Crippen LogP contribution in [-0.4, -0.2) is 39.2 Å². The smallest absolute Gasteiger partial charge is 0.241 e. The zero-order valence-electron chi connectivity index (χ0n) is 11.3. The van der Waals surface area contributed by atoms with Gasteiger partial charge in [-0.1, -0.05) is 31.1 Å². The maximum Gasteiger partial charge on any atom is 0.241 e. The Kier molecular flexibility index (Phi) is 4.36. The third-order valence-electron chi connectivity index (χ3n) is 3.96. The molecule has 20 heavy (non-hydrogen) atoms. The van der Waals surface area contributed by atoms with Gasteiger partial charge in [0.1, 0.15) is 0 Å². The van der Waals surface area contributed by atoms with Gasteiger partial charge in [-0.15, -0.1) is 0 Å². The van der Waals surface area contributed by atoms with Gasteiger partial charge in [-0.25, -0.2) is 4.99 Å². The number of amides is 1. The first-order valence-electron chi connectivity index (χ1n) is 7.16. The van der Waals surface area contributed by atoms with Crippen LogP contribution in [0.25, 0.3) is 0 Å². The van der Waals surface area contributed by atoms with Crippen molar-refractivity contribution in [2.24, 2.45) is 10.9 Å². The van der Waals surface area contributed by atoms with Gasteiger partial charge in [0, 0.05) is 17.5 Å². The Balaban J connectivity index is 1.60. The fraction of sp³-hybridized carbons (Fsp3) is 0.533. The quantitative estimate of drug-likeness (QED) is 0.749. The maximum absolute atomic E-state index is 12.5. The molecule has 106 valence electrons. The van der Waals surface area contributed by atoms with E-state index in [-0.39, 0.29) is 11.8 Å². The number of nitrogens with zero attached hydrogens (tertiary/aromatic N) is 2. The summed E-state index contributed by atoms with van der Waals surface area (Å²) >= 11 is 7.25. The molecule has 2 aliphatic carbocycles. The normalized spacial score (nSPS) is 26.1. The summed E-state index contributed by atoms with van der Waals surface area (Å²) in [6, 6.07) is 0. The number of carbonyl (C=O) groups excluding carboxylic acids is 1. The molecule has 0 aromatic heterocycles. The van der Waals surface area contributed by atoms with E-state index in [4.69, 9.17) is 12.2 Å². The van der Waals surface area contributed by atoms with E-state index >= 15 is 0 Å². The van der Waals surface area contributed by atoms with Crippen molar-refractivity contribution in [2.45, 2.75) is 30.9 Å². The molecule has 0 aromatic carbocycles. The largest absolute Gasteiger partial charge is 0.286 e. The molecule has 3 nitrogen and oxygen atoms in total. The highest BCUT2D eigenvalue weighted by atomic mass is 32.2. The lowest BCUT2D eigenvalue weighted by molar-refractivity contribution is -0.128. The first-order valence-corrected chi connectivity index (χ1v) is 8.62. The summed E-state index contributed by atoms with van der Waals surface area (Å²) in [7, 11) is 0. The van der Waals surface area contributed by atoms with Crippen LogP contribution in [0.3, 0.4) is 0 Å². The van der Waals surface area contributed by atoms with Crippen molar-refractivity contribution in [3.63, 3.8) is 0 Å². The zero-order chi connectivity index (χ0) is 13.9. The van der Waals surface area contributed by atoms with Gasteiger partial charge in [0.05, 0.1) is 11.6 Å². The first kappa shape index (κ1) is 14.0. The summed E-state index contributed by atoms with van der Waals surface area (Å²) in [6.45, 7) is 0.684. The van der Waals surface area contributed by atoms with E-state index in [2.05, 4.69) is 4.99 Å². The first-order chi connectivity index (χ1) is 9.75. The van der Waals surface area contributed by atoms with Crippen LogP contribution in [-0.2, 0) is 4.79 Å². The van der Waals surface area contributed by atoms with Crippen LogP contribution in [0.1, 0.15) is 25.7 Å². The number of fused-ring (bicyclic) bond motifs is 1. The molecule has 1 atom stereocenters. The molecule has 0 radical (unpaired) electrons. The van der Waals surface area contributed by atoms with E-state index in [0.29, 0.717) is 11.7 Å². The molecule has 1 aliphatic heterocycles. The highest BCUT2D eigenvalue weighted by molar-refractivity contribution is 7.99. The Labute approximate surface area is 129 Å². The van der Waals surface area contributed by atoms with Crippen molar-refractivity contribution in [3.05, 3.63) is 24.3 Å². The number of thiocarbonyl (C=S) groups is 1. The summed E-state index contributed by atoms with van der Waals surface area (Å²) < 4.78 is 0. The van der Waals surface area contributed by atoms with E-state index in [1.807, 2.05) is 36.1 Å². The van der Waals surface area contributed by atoms with Crippen LogP contribution in [0.15, 0.2) is 29.3 Å². The average molecular weight is 306 g/mol.